The van der Waals surface area contributed by atoms with Gasteiger partial charge in [0.05, 0.1) is 10.7 Å². The van der Waals surface area contributed by atoms with E-state index in [2.05, 4.69) is 15.5 Å². The number of halogens is 1. The zero-order valence-corrected chi connectivity index (χ0v) is 20.1. The summed E-state index contributed by atoms with van der Waals surface area (Å²) in [7, 11) is 0. The van der Waals surface area contributed by atoms with Gasteiger partial charge in [0.1, 0.15) is 12.4 Å². The van der Waals surface area contributed by atoms with E-state index in [1.54, 1.807) is 43.3 Å². The van der Waals surface area contributed by atoms with Crippen LogP contribution < -0.4 is 10.1 Å². The first-order chi connectivity index (χ1) is 16.9. The highest BCUT2D eigenvalue weighted by molar-refractivity contribution is 7.99. The quantitative estimate of drug-likeness (QED) is 0.181. The molecule has 4 aromatic rings. The summed E-state index contributed by atoms with van der Waals surface area (Å²) in [6.45, 7) is 1.80. The van der Waals surface area contributed by atoms with Crippen LogP contribution in [0.4, 0.5) is 11.4 Å². The van der Waals surface area contributed by atoms with Crippen LogP contribution in [-0.2, 0) is 11.4 Å². The van der Waals surface area contributed by atoms with E-state index in [1.807, 2.05) is 34.9 Å². The van der Waals surface area contributed by atoms with Crippen LogP contribution in [0.3, 0.4) is 0 Å². The van der Waals surface area contributed by atoms with Crippen LogP contribution in [0.2, 0.25) is 5.02 Å². The van der Waals surface area contributed by atoms with Crippen molar-refractivity contribution in [2.24, 2.45) is 0 Å². The summed E-state index contributed by atoms with van der Waals surface area (Å²) >= 11 is 7.13. The van der Waals surface area contributed by atoms with E-state index in [1.165, 1.54) is 17.8 Å². The van der Waals surface area contributed by atoms with Gasteiger partial charge in [-0.3, -0.25) is 19.5 Å². The molecule has 4 rings (SSSR count). The fraction of sp³-hybridized carbons (Fsp3) is 0.125. The fourth-order valence-electron chi connectivity index (χ4n) is 3.21. The second-order valence-corrected chi connectivity index (χ2v) is 8.79. The van der Waals surface area contributed by atoms with Gasteiger partial charge in [-0.25, -0.2) is 0 Å². The number of thioether (sulfide) groups is 1. The predicted molar refractivity (Wildman–Crippen MR) is 134 cm³/mol. The minimum Gasteiger partial charge on any atom is -0.486 e. The number of benzene rings is 3. The Morgan fingerprint density at radius 3 is 2.57 bits per heavy atom. The van der Waals surface area contributed by atoms with Crippen molar-refractivity contribution in [2.45, 2.75) is 18.7 Å². The molecule has 35 heavy (non-hydrogen) atoms. The SMILES string of the molecule is Cc1ccc(NC(=O)CSc2nnc(COc3ccc(Cl)cc3)n2-c2ccccc2)cc1[N+](=O)[O-]. The summed E-state index contributed by atoms with van der Waals surface area (Å²) < 4.78 is 7.67. The predicted octanol–water partition coefficient (Wildman–Crippen LogP) is 5.45. The van der Waals surface area contributed by atoms with Crippen LogP contribution in [0.5, 0.6) is 5.75 Å². The van der Waals surface area contributed by atoms with E-state index in [9.17, 15) is 14.9 Å². The molecule has 0 radical (unpaired) electrons. The number of hydrogen-bond acceptors (Lipinski definition) is 7. The molecule has 0 saturated heterocycles. The number of nitro benzene ring substituents is 1. The molecule has 1 N–H and O–H groups in total. The number of aromatic nitrogens is 3. The highest BCUT2D eigenvalue weighted by atomic mass is 35.5. The topological polar surface area (TPSA) is 112 Å². The third-order valence-corrected chi connectivity index (χ3v) is 6.10. The largest absolute Gasteiger partial charge is 0.486 e. The van der Waals surface area contributed by atoms with Crippen LogP contribution in [0.1, 0.15) is 11.4 Å². The number of amides is 1. The molecule has 9 nitrogen and oxygen atoms in total. The maximum atomic E-state index is 12.5. The van der Waals surface area contributed by atoms with Crippen LogP contribution in [-0.4, -0.2) is 31.3 Å². The Labute approximate surface area is 210 Å². The summed E-state index contributed by atoms with van der Waals surface area (Å²) in [6, 6.07) is 21.1. The first-order valence-corrected chi connectivity index (χ1v) is 11.8. The lowest BCUT2D eigenvalue weighted by Crippen LogP contribution is -2.15. The number of ether oxygens (including phenoxy) is 1. The molecular formula is C24H20ClN5O4S. The van der Waals surface area contributed by atoms with Crippen molar-refractivity contribution in [3.8, 4) is 11.4 Å². The minimum atomic E-state index is -0.476. The number of nitrogens with one attached hydrogen (secondary N) is 1. The normalized spacial score (nSPS) is 10.7. The Bertz CT molecular complexity index is 1350. The molecule has 0 aliphatic rings. The maximum absolute atomic E-state index is 12.5. The number of carbonyl (C=O) groups excluding carboxylic acids is 1. The van der Waals surface area contributed by atoms with Crippen molar-refractivity contribution < 1.29 is 14.5 Å². The van der Waals surface area contributed by atoms with Gasteiger partial charge in [0, 0.05) is 28.0 Å². The molecule has 0 fully saturated rings. The molecule has 0 aliphatic carbocycles. The fourth-order valence-corrected chi connectivity index (χ4v) is 4.11. The highest BCUT2D eigenvalue weighted by Gasteiger charge is 2.17. The van der Waals surface area contributed by atoms with Gasteiger partial charge in [-0.05, 0) is 49.4 Å². The van der Waals surface area contributed by atoms with Crippen LogP contribution in [0.15, 0.2) is 78.0 Å². The number of rotatable bonds is 9. The van der Waals surface area contributed by atoms with Gasteiger partial charge in [-0.15, -0.1) is 10.2 Å². The molecule has 0 saturated carbocycles. The third-order valence-electron chi connectivity index (χ3n) is 4.92. The standard InChI is InChI=1S/C24H20ClN5O4S/c1-16-7-10-18(13-21(16)30(32)33)26-23(31)15-35-24-28-27-22(29(24)19-5-3-2-4-6-19)14-34-20-11-8-17(25)9-12-20/h2-13H,14-15H2,1H3,(H,26,31). The Kier molecular flexibility index (Phi) is 7.64. The van der Waals surface area contributed by atoms with Crippen molar-refractivity contribution >= 4 is 40.6 Å². The molecule has 1 amide bonds. The van der Waals surface area contributed by atoms with E-state index >= 15 is 0 Å². The number of nitro groups is 1. The minimum absolute atomic E-state index is 0.0324. The first-order valence-electron chi connectivity index (χ1n) is 10.5. The van der Waals surface area contributed by atoms with E-state index < -0.39 is 4.92 Å². The van der Waals surface area contributed by atoms with Crippen molar-refractivity contribution in [2.75, 3.05) is 11.1 Å². The van der Waals surface area contributed by atoms with Gasteiger partial charge in [0.15, 0.2) is 11.0 Å². The number of hydrogen-bond donors (Lipinski definition) is 1. The molecule has 0 unspecified atom stereocenters. The highest BCUT2D eigenvalue weighted by Crippen LogP contribution is 2.25. The van der Waals surface area contributed by atoms with Gasteiger partial charge in [0.2, 0.25) is 5.91 Å². The van der Waals surface area contributed by atoms with Crippen molar-refractivity contribution in [1.82, 2.24) is 14.8 Å². The second-order valence-electron chi connectivity index (χ2n) is 7.41. The Balaban J connectivity index is 1.48. The summed E-state index contributed by atoms with van der Waals surface area (Å²) in [5, 5.41) is 23.5. The summed E-state index contributed by atoms with van der Waals surface area (Å²) in [4.78, 5) is 23.2. The number of aryl methyl sites for hydroxylation is 1. The van der Waals surface area contributed by atoms with E-state index in [0.29, 0.717) is 33.0 Å². The number of anilines is 1. The van der Waals surface area contributed by atoms with Crippen molar-refractivity contribution in [1.29, 1.82) is 0 Å². The lowest BCUT2D eigenvalue weighted by Gasteiger charge is -2.11. The first kappa shape index (κ1) is 24.2. The zero-order chi connectivity index (χ0) is 24.8. The van der Waals surface area contributed by atoms with Gasteiger partial charge >= 0.3 is 0 Å². The molecule has 0 bridgehead atoms. The molecule has 3 aromatic carbocycles. The molecule has 0 spiro atoms. The maximum Gasteiger partial charge on any atom is 0.274 e. The Hall–Kier alpha value is -3.89. The molecule has 0 aliphatic heterocycles. The average molecular weight is 510 g/mol. The van der Waals surface area contributed by atoms with E-state index in [4.69, 9.17) is 16.3 Å². The van der Waals surface area contributed by atoms with Crippen LogP contribution in [0.25, 0.3) is 5.69 Å². The Morgan fingerprint density at radius 2 is 1.86 bits per heavy atom. The number of para-hydroxylation sites is 1. The summed E-state index contributed by atoms with van der Waals surface area (Å²) in [5.41, 5.74) is 1.65. The lowest BCUT2D eigenvalue weighted by atomic mass is 10.2. The lowest BCUT2D eigenvalue weighted by molar-refractivity contribution is -0.385. The van der Waals surface area contributed by atoms with Crippen molar-refractivity contribution in [3.63, 3.8) is 0 Å². The third kappa shape index (κ3) is 6.17. The van der Waals surface area contributed by atoms with Gasteiger partial charge in [0.25, 0.3) is 5.69 Å². The molecule has 1 heterocycles. The van der Waals surface area contributed by atoms with Crippen LogP contribution in [0, 0.1) is 17.0 Å². The monoisotopic (exact) mass is 509 g/mol. The van der Waals surface area contributed by atoms with E-state index in [-0.39, 0.29) is 24.0 Å². The van der Waals surface area contributed by atoms with Gasteiger partial charge in [-0.2, -0.15) is 0 Å². The summed E-state index contributed by atoms with van der Waals surface area (Å²) in [5.74, 6) is 0.903. The molecule has 1 aromatic heterocycles. The van der Waals surface area contributed by atoms with Gasteiger partial charge in [-0.1, -0.05) is 47.6 Å². The van der Waals surface area contributed by atoms with E-state index in [0.717, 1.165) is 5.69 Å². The van der Waals surface area contributed by atoms with Gasteiger partial charge < -0.3 is 10.1 Å². The molecule has 178 valence electrons. The molecule has 0 atom stereocenters. The number of carbonyl (C=O) groups is 1. The average Bonchev–Trinajstić information content (AvgIpc) is 3.27. The molecular weight excluding hydrogens is 490 g/mol. The zero-order valence-electron chi connectivity index (χ0n) is 18.6. The summed E-state index contributed by atoms with van der Waals surface area (Å²) in [6.07, 6.45) is 0. The Morgan fingerprint density at radius 1 is 1.11 bits per heavy atom. The second kappa shape index (κ2) is 11.0. The van der Waals surface area contributed by atoms with Crippen LogP contribution >= 0.6 is 23.4 Å². The smallest absolute Gasteiger partial charge is 0.274 e. The molecule has 11 heteroatoms. The van der Waals surface area contributed by atoms with Crippen molar-refractivity contribution in [3.05, 3.63) is 99.3 Å². The number of nitrogens with zero attached hydrogens (tertiary/aromatic N) is 4.